The Labute approximate surface area is 202 Å². The lowest BCUT2D eigenvalue weighted by Crippen LogP contribution is -2.56. The van der Waals surface area contributed by atoms with E-state index in [9.17, 15) is 0 Å². The molecule has 0 unspecified atom stereocenters. The van der Waals surface area contributed by atoms with Gasteiger partial charge in [-0.25, -0.2) is 9.67 Å². The number of morpholine rings is 1. The second-order valence-corrected chi connectivity index (χ2v) is 7.91. The Hall–Kier alpha value is -1.85. The summed E-state index contributed by atoms with van der Waals surface area (Å²) in [7, 11) is 1.66. The van der Waals surface area contributed by atoms with Crippen molar-refractivity contribution in [2.75, 3.05) is 46.5 Å². The van der Waals surface area contributed by atoms with Crippen LogP contribution < -0.4 is 15.4 Å². The molecule has 8 nitrogen and oxygen atoms in total. The zero-order chi connectivity index (χ0) is 21.4. The van der Waals surface area contributed by atoms with Crippen LogP contribution in [-0.2, 0) is 11.3 Å². The molecule has 3 rings (SSSR count). The van der Waals surface area contributed by atoms with E-state index < -0.39 is 0 Å². The van der Waals surface area contributed by atoms with Gasteiger partial charge in [0.15, 0.2) is 5.96 Å². The number of ether oxygens (including phenoxy) is 2. The van der Waals surface area contributed by atoms with Gasteiger partial charge in [-0.15, -0.1) is 24.0 Å². The molecule has 1 aliphatic heterocycles. The van der Waals surface area contributed by atoms with E-state index in [2.05, 4.69) is 41.4 Å². The number of methoxy groups -OCH3 is 1. The van der Waals surface area contributed by atoms with E-state index in [0.717, 1.165) is 62.5 Å². The molecule has 0 aliphatic carbocycles. The van der Waals surface area contributed by atoms with Crippen molar-refractivity contribution in [2.24, 2.45) is 4.99 Å². The van der Waals surface area contributed by atoms with Crippen LogP contribution in [0.4, 0.5) is 0 Å². The fraction of sp³-hybridized carbons (Fsp3) is 0.545. The van der Waals surface area contributed by atoms with Crippen LogP contribution in [0.2, 0.25) is 0 Å². The number of nitrogens with zero attached hydrogens (tertiary/aromatic N) is 4. The van der Waals surface area contributed by atoms with Gasteiger partial charge in [-0.3, -0.25) is 4.90 Å². The molecule has 2 N–H and O–H groups in total. The van der Waals surface area contributed by atoms with E-state index in [0.29, 0.717) is 6.54 Å². The van der Waals surface area contributed by atoms with Crippen LogP contribution >= 0.6 is 24.0 Å². The summed E-state index contributed by atoms with van der Waals surface area (Å²) in [5.41, 5.74) is 1.93. The number of rotatable bonds is 8. The number of halogens is 1. The highest BCUT2D eigenvalue weighted by molar-refractivity contribution is 14.0. The van der Waals surface area contributed by atoms with Crippen molar-refractivity contribution in [1.29, 1.82) is 0 Å². The van der Waals surface area contributed by atoms with Gasteiger partial charge in [0.2, 0.25) is 0 Å². The number of hydrogen-bond donors (Lipinski definition) is 2. The van der Waals surface area contributed by atoms with E-state index in [4.69, 9.17) is 14.5 Å². The lowest BCUT2D eigenvalue weighted by Gasteiger charge is -2.41. The maximum atomic E-state index is 5.48. The lowest BCUT2D eigenvalue weighted by molar-refractivity contribution is -0.00834. The Kier molecular flexibility index (Phi) is 10.0. The zero-order valence-corrected chi connectivity index (χ0v) is 21.3. The third kappa shape index (κ3) is 7.36. The van der Waals surface area contributed by atoms with Gasteiger partial charge in [0.25, 0.3) is 0 Å². The topological polar surface area (TPSA) is 75.9 Å². The summed E-state index contributed by atoms with van der Waals surface area (Å²) in [6, 6.07) is 9.82. The molecule has 0 atom stereocenters. The zero-order valence-electron chi connectivity index (χ0n) is 18.9. The summed E-state index contributed by atoms with van der Waals surface area (Å²) >= 11 is 0. The van der Waals surface area contributed by atoms with Gasteiger partial charge >= 0.3 is 0 Å². The van der Waals surface area contributed by atoms with Gasteiger partial charge in [0, 0.05) is 37.9 Å². The lowest BCUT2D eigenvalue weighted by atomic mass is 10.0. The number of benzene rings is 1. The molecule has 1 saturated heterocycles. The summed E-state index contributed by atoms with van der Waals surface area (Å²) in [6.07, 6.45) is 1.95. The highest BCUT2D eigenvalue weighted by atomic mass is 127. The Morgan fingerprint density at radius 2 is 1.87 bits per heavy atom. The van der Waals surface area contributed by atoms with Crippen molar-refractivity contribution < 1.29 is 9.47 Å². The average Bonchev–Trinajstić information content (AvgIpc) is 3.25. The quantitative estimate of drug-likeness (QED) is 0.304. The molecule has 0 saturated carbocycles. The molecular formula is C22H35IN6O2. The normalized spacial score (nSPS) is 15.3. The fourth-order valence-corrected chi connectivity index (χ4v) is 3.41. The average molecular weight is 542 g/mol. The third-order valence-electron chi connectivity index (χ3n) is 5.28. The van der Waals surface area contributed by atoms with Crippen LogP contribution in [0.1, 0.15) is 26.5 Å². The molecular weight excluding hydrogens is 507 g/mol. The standard InChI is InChI=1S/C22H34N6O2.HI/c1-5-23-21(25-17-22(2,3)27-12-14-30-15-13-27)24-16-18-10-11-28(26-18)19-6-8-20(29-4)9-7-19;/h6-11H,5,12-17H2,1-4H3,(H2,23,24,25);1H. The highest BCUT2D eigenvalue weighted by Gasteiger charge is 2.28. The minimum Gasteiger partial charge on any atom is -0.497 e. The fourth-order valence-electron chi connectivity index (χ4n) is 3.41. The van der Waals surface area contributed by atoms with Crippen LogP contribution in [-0.4, -0.2) is 72.7 Å². The van der Waals surface area contributed by atoms with E-state index in [-0.39, 0.29) is 29.5 Å². The third-order valence-corrected chi connectivity index (χ3v) is 5.28. The molecule has 0 radical (unpaired) electrons. The first-order valence-electron chi connectivity index (χ1n) is 10.6. The molecule has 9 heteroatoms. The molecule has 0 spiro atoms. The molecule has 1 aromatic heterocycles. The molecule has 31 heavy (non-hydrogen) atoms. The Balaban J connectivity index is 0.00000341. The first-order valence-corrected chi connectivity index (χ1v) is 10.6. The van der Waals surface area contributed by atoms with Crippen LogP contribution in [0.3, 0.4) is 0 Å². The van der Waals surface area contributed by atoms with Crippen molar-refractivity contribution in [2.45, 2.75) is 32.9 Å². The van der Waals surface area contributed by atoms with Crippen molar-refractivity contribution in [3.63, 3.8) is 0 Å². The SMILES string of the molecule is CCNC(=NCc1ccn(-c2ccc(OC)cc2)n1)NCC(C)(C)N1CCOCC1.I. The van der Waals surface area contributed by atoms with Gasteiger partial charge in [-0.05, 0) is 51.1 Å². The molecule has 1 aromatic carbocycles. The predicted octanol–water partition coefficient (Wildman–Crippen LogP) is 2.66. The highest BCUT2D eigenvalue weighted by Crippen LogP contribution is 2.16. The summed E-state index contributed by atoms with van der Waals surface area (Å²) in [6.45, 7) is 12.2. The monoisotopic (exact) mass is 542 g/mol. The van der Waals surface area contributed by atoms with Crippen molar-refractivity contribution >= 4 is 29.9 Å². The molecule has 2 aromatic rings. The van der Waals surface area contributed by atoms with Gasteiger partial charge in [-0.2, -0.15) is 5.10 Å². The Bertz CT molecular complexity index is 816. The van der Waals surface area contributed by atoms with Crippen LogP contribution in [0.25, 0.3) is 5.69 Å². The Morgan fingerprint density at radius 3 is 2.52 bits per heavy atom. The van der Waals surface area contributed by atoms with Crippen LogP contribution in [0, 0.1) is 0 Å². The first kappa shape index (κ1) is 25.4. The van der Waals surface area contributed by atoms with Crippen molar-refractivity contribution in [3.8, 4) is 11.4 Å². The summed E-state index contributed by atoms with van der Waals surface area (Å²) in [4.78, 5) is 7.18. The van der Waals surface area contributed by atoms with E-state index in [1.54, 1.807) is 7.11 Å². The first-order chi connectivity index (χ1) is 14.5. The number of aliphatic imine (C=N–C) groups is 1. The molecule has 1 aliphatic rings. The van der Waals surface area contributed by atoms with Crippen molar-refractivity contribution in [1.82, 2.24) is 25.3 Å². The molecule has 1 fully saturated rings. The van der Waals surface area contributed by atoms with E-state index in [1.165, 1.54) is 0 Å². The van der Waals surface area contributed by atoms with Crippen LogP contribution in [0.5, 0.6) is 5.75 Å². The molecule has 0 amide bonds. The Morgan fingerprint density at radius 1 is 1.16 bits per heavy atom. The predicted molar refractivity (Wildman–Crippen MR) is 135 cm³/mol. The maximum Gasteiger partial charge on any atom is 0.191 e. The van der Waals surface area contributed by atoms with E-state index in [1.807, 2.05) is 41.2 Å². The molecule has 2 heterocycles. The largest absolute Gasteiger partial charge is 0.497 e. The minimum atomic E-state index is 0. The van der Waals surface area contributed by atoms with Gasteiger partial charge in [0.05, 0.1) is 38.2 Å². The summed E-state index contributed by atoms with van der Waals surface area (Å²) in [5.74, 6) is 1.63. The van der Waals surface area contributed by atoms with Gasteiger partial charge in [0.1, 0.15) is 5.75 Å². The smallest absolute Gasteiger partial charge is 0.191 e. The number of aromatic nitrogens is 2. The second kappa shape index (κ2) is 12.3. The van der Waals surface area contributed by atoms with Gasteiger partial charge in [-0.1, -0.05) is 0 Å². The maximum absolute atomic E-state index is 5.48. The number of guanidine groups is 1. The van der Waals surface area contributed by atoms with Gasteiger partial charge < -0.3 is 20.1 Å². The van der Waals surface area contributed by atoms with Crippen LogP contribution in [0.15, 0.2) is 41.5 Å². The molecule has 172 valence electrons. The summed E-state index contributed by atoms with van der Waals surface area (Å²) < 4.78 is 12.5. The minimum absolute atomic E-state index is 0. The number of nitrogens with one attached hydrogen (secondary N) is 2. The van der Waals surface area contributed by atoms with E-state index >= 15 is 0 Å². The molecule has 0 bridgehead atoms. The second-order valence-electron chi connectivity index (χ2n) is 7.91. The summed E-state index contributed by atoms with van der Waals surface area (Å²) in [5, 5.41) is 11.5. The van der Waals surface area contributed by atoms with Crippen molar-refractivity contribution in [3.05, 3.63) is 42.2 Å². The number of hydrogen-bond acceptors (Lipinski definition) is 5.